The van der Waals surface area contributed by atoms with Gasteiger partial charge < -0.3 is 24.2 Å². The van der Waals surface area contributed by atoms with Gasteiger partial charge in [0.1, 0.15) is 13.2 Å². The molecule has 1 aliphatic carbocycles. The first kappa shape index (κ1) is 24.0. The number of amides is 2. The van der Waals surface area contributed by atoms with E-state index in [1.807, 2.05) is 67.5 Å². The van der Waals surface area contributed by atoms with Crippen molar-refractivity contribution in [1.29, 1.82) is 0 Å². The van der Waals surface area contributed by atoms with E-state index < -0.39 is 24.5 Å². The molecular weight excluding hydrogens is 452 g/mol. The fourth-order valence-corrected chi connectivity index (χ4v) is 4.07. The lowest BCUT2D eigenvalue weighted by molar-refractivity contribution is -0.137. The first-order valence-corrected chi connectivity index (χ1v) is 11.1. The molecule has 2 aromatic carbocycles. The summed E-state index contributed by atoms with van der Waals surface area (Å²) in [6.07, 6.45) is -0.753. The molecule has 35 heavy (non-hydrogen) atoms. The summed E-state index contributed by atoms with van der Waals surface area (Å²) in [5, 5.41) is 15.2. The average Bonchev–Trinajstić information content (AvgIpc) is 3.42. The summed E-state index contributed by atoms with van der Waals surface area (Å²) in [6, 6.07) is 17.3. The minimum atomic E-state index is -1.14. The normalized spacial score (nSPS) is 12.2. The molecule has 0 spiro atoms. The number of hydrogen-bond acceptors (Lipinski definition) is 7. The first-order valence-electron chi connectivity index (χ1n) is 11.1. The maximum absolute atomic E-state index is 12.7. The number of nitrogens with one attached hydrogen (secondary N) is 1. The summed E-state index contributed by atoms with van der Waals surface area (Å²) < 4.78 is 10.5. The summed E-state index contributed by atoms with van der Waals surface area (Å²) in [4.78, 5) is 39.3. The maximum atomic E-state index is 12.7. The Morgan fingerprint density at radius 1 is 1.03 bits per heavy atom. The van der Waals surface area contributed by atoms with Crippen molar-refractivity contribution in [3.8, 4) is 11.1 Å². The Morgan fingerprint density at radius 3 is 2.26 bits per heavy atom. The highest BCUT2D eigenvalue weighted by Gasteiger charge is 2.29. The number of ether oxygens (including phenoxy) is 1. The van der Waals surface area contributed by atoms with Crippen molar-refractivity contribution in [3.63, 3.8) is 0 Å². The lowest BCUT2D eigenvalue weighted by Gasteiger charge is -2.21. The van der Waals surface area contributed by atoms with Crippen molar-refractivity contribution in [2.24, 2.45) is 0 Å². The van der Waals surface area contributed by atoms with Gasteiger partial charge in [0.05, 0.1) is 0 Å². The van der Waals surface area contributed by atoms with Gasteiger partial charge in [0, 0.05) is 25.1 Å². The molecule has 4 rings (SSSR count). The predicted molar refractivity (Wildman–Crippen MR) is 127 cm³/mol. The third kappa shape index (κ3) is 5.49. The number of likely N-dealkylation sites (N-methyl/N-ethyl adjacent to an activating group) is 1. The number of rotatable bonds is 9. The van der Waals surface area contributed by atoms with E-state index in [1.54, 1.807) is 0 Å². The fourth-order valence-electron chi connectivity index (χ4n) is 4.07. The van der Waals surface area contributed by atoms with Crippen LogP contribution in [0, 0.1) is 0 Å². The highest BCUT2D eigenvalue weighted by molar-refractivity contribution is 5.95. The highest BCUT2D eigenvalue weighted by atomic mass is 16.6. The van der Waals surface area contributed by atoms with Gasteiger partial charge in [-0.2, -0.15) is 0 Å². The van der Waals surface area contributed by atoms with E-state index in [1.165, 1.54) is 6.07 Å². The van der Waals surface area contributed by atoms with Gasteiger partial charge in [-0.15, -0.1) is 0 Å². The molecule has 0 saturated heterocycles. The molecule has 10 heteroatoms. The summed E-state index contributed by atoms with van der Waals surface area (Å²) in [6.45, 7) is 0.313. The molecule has 0 unspecified atom stereocenters. The van der Waals surface area contributed by atoms with E-state index in [0.717, 1.165) is 27.2 Å². The molecule has 3 aromatic rings. The Balaban J connectivity index is 1.38. The molecule has 1 aliphatic rings. The quantitative estimate of drug-likeness (QED) is 0.481. The molecule has 182 valence electrons. The summed E-state index contributed by atoms with van der Waals surface area (Å²) in [5.74, 6) is -1.93. The number of carbonyl (C=O) groups is 3. The first-order chi connectivity index (χ1) is 16.8. The van der Waals surface area contributed by atoms with E-state index in [2.05, 4.69) is 10.5 Å². The number of carboxylic acids is 1. The van der Waals surface area contributed by atoms with Crippen LogP contribution in [0.15, 0.2) is 59.1 Å². The number of aliphatic carboxylic acids is 1. The number of benzene rings is 2. The van der Waals surface area contributed by atoms with Crippen LogP contribution in [0.2, 0.25) is 0 Å². The molecule has 0 fully saturated rings. The minimum Gasteiger partial charge on any atom is -0.480 e. The molecule has 0 bridgehead atoms. The van der Waals surface area contributed by atoms with Gasteiger partial charge in [-0.1, -0.05) is 53.7 Å². The summed E-state index contributed by atoms with van der Waals surface area (Å²) >= 11 is 0. The van der Waals surface area contributed by atoms with E-state index in [9.17, 15) is 14.4 Å². The molecule has 2 amide bonds. The van der Waals surface area contributed by atoms with Crippen molar-refractivity contribution >= 4 is 23.9 Å². The minimum absolute atomic E-state index is 0.0755. The molecule has 2 N–H and O–H groups in total. The SMILES string of the molecule is CN(C)CCN(CC(=O)O)C(=O)c1cc(NC(=O)OCC2c3ccccc3-c3ccccc32)on1. The third-order valence-corrected chi connectivity index (χ3v) is 5.73. The lowest BCUT2D eigenvalue weighted by Crippen LogP contribution is -2.40. The largest absolute Gasteiger partial charge is 0.480 e. The number of carboxylic acid groups (broad SMARTS) is 1. The van der Waals surface area contributed by atoms with Gasteiger partial charge in [0.15, 0.2) is 5.69 Å². The van der Waals surface area contributed by atoms with Crippen LogP contribution >= 0.6 is 0 Å². The van der Waals surface area contributed by atoms with Gasteiger partial charge in [0.2, 0.25) is 5.88 Å². The van der Waals surface area contributed by atoms with Gasteiger partial charge in [-0.05, 0) is 36.3 Å². The van der Waals surface area contributed by atoms with Gasteiger partial charge >= 0.3 is 12.1 Å². The number of anilines is 1. The smallest absolute Gasteiger partial charge is 0.414 e. The zero-order valence-electron chi connectivity index (χ0n) is 19.4. The Labute approximate surface area is 202 Å². The van der Waals surface area contributed by atoms with Crippen molar-refractivity contribution in [3.05, 3.63) is 71.4 Å². The summed E-state index contributed by atoms with van der Waals surface area (Å²) in [7, 11) is 3.63. The Morgan fingerprint density at radius 2 is 1.66 bits per heavy atom. The monoisotopic (exact) mass is 478 g/mol. The molecule has 10 nitrogen and oxygen atoms in total. The second-order valence-corrected chi connectivity index (χ2v) is 8.45. The van der Waals surface area contributed by atoms with Crippen molar-refractivity contribution < 1.29 is 28.8 Å². The van der Waals surface area contributed by atoms with Crippen LogP contribution in [0.5, 0.6) is 0 Å². The maximum Gasteiger partial charge on any atom is 0.414 e. The third-order valence-electron chi connectivity index (χ3n) is 5.73. The van der Waals surface area contributed by atoms with Crippen molar-refractivity contribution in [2.45, 2.75) is 5.92 Å². The Hall–Kier alpha value is -4.18. The van der Waals surface area contributed by atoms with Crippen LogP contribution in [0.1, 0.15) is 27.5 Å². The average molecular weight is 479 g/mol. The second kappa shape index (κ2) is 10.4. The van der Waals surface area contributed by atoms with Crippen LogP contribution in [0.25, 0.3) is 11.1 Å². The second-order valence-electron chi connectivity index (χ2n) is 8.45. The predicted octanol–water partition coefficient (Wildman–Crippen LogP) is 3.12. The van der Waals surface area contributed by atoms with Crippen LogP contribution < -0.4 is 5.32 Å². The molecule has 1 aromatic heterocycles. The van der Waals surface area contributed by atoms with E-state index in [0.29, 0.717) is 6.54 Å². The number of aromatic nitrogens is 1. The number of fused-ring (bicyclic) bond motifs is 3. The van der Waals surface area contributed by atoms with Crippen molar-refractivity contribution in [1.82, 2.24) is 15.0 Å². The van der Waals surface area contributed by atoms with Gasteiger partial charge in [-0.3, -0.25) is 14.9 Å². The lowest BCUT2D eigenvalue weighted by atomic mass is 9.98. The number of hydrogen-bond donors (Lipinski definition) is 2. The standard InChI is InChI=1S/C25H26N4O6/c1-28(2)11-12-29(14-23(30)31)24(32)21-13-22(35-27-21)26-25(33)34-15-20-18-9-5-3-7-16(18)17-8-4-6-10-19(17)20/h3-10,13,20H,11-12,14-15H2,1-2H3,(H,26,33)(H,30,31). The molecular formula is C25H26N4O6. The topological polar surface area (TPSA) is 125 Å². The molecule has 0 radical (unpaired) electrons. The highest BCUT2D eigenvalue weighted by Crippen LogP contribution is 2.44. The van der Waals surface area contributed by atoms with Crippen molar-refractivity contribution in [2.75, 3.05) is 45.7 Å². The van der Waals surface area contributed by atoms with Crippen LogP contribution in [-0.4, -0.2) is 78.4 Å². The number of carbonyl (C=O) groups excluding carboxylic acids is 2. The molecule has 0 atom stereocenters. The zero-order chi connectivity index (χ0) is 24.9. The van der Waals surface area contributed by atoms with Gasteiger partial charge in [-0.25, -0.2) is 4.79 Å². The number of nitrogens with zero attached hydrogens (tertiary/aromatic N) is 3. The van der Waals surface area contributed by atoms with Gasteiger partial charge in [0.25, 0.3) is 5.91 Å². The molecule has 0 aliphatic heterocycles. The van der Waals surface area contributed by atoms with E-state index in [-0.39, 0.29) is 30.6 Å². The van der Waals surface area contributed by atoms with Crippen LogP contribution in [0.4, 0.5) is 10.7 Å². The van der Waals surface area contributed by atoms with E-state index >= 15 is 0 Å². The molecule has 1 heterocycles. The summed E-state index contributed by atoms with van der Waals surface area (Å²) in [5.41, 5.74) is 4.31. The Bertz CT molecular complexity index is 1190. The van der Waals surface area contributed by atoms with E-state index in [4.69, 9.17) is 14.4 Å². The Kier molecular flexibility index (Phi) is 7.11. The van der Waals surface area contributed by atoms with Crippen LogP contribution in [-0.2, 0) is 9.53 Å². The van der Waals surface area contributed by atoms with Crippen LogP contribution in [0.3, 0.4) is 0 Å². The fraction of sp³-hybridized carbons (Fsp3) is 0.280. The zero-order valence-corrected chi connectivity index (χ0v) is 19.4. The molecule has 0 saturated carbocycles.